The van der Waals surface area contributed by atoms with E-state index in [1.807, 2.05) is 0 Å². The largest absolute Gasteiger partial charge is 0.394 e. The third-order valence-electron chi connectivity index (χ3n) is 1.97. The molecule has 0 aliphatic rings. The highest BCUT2D eigenvalue weighted by molar-refractivity contribution is 4.42. The van der Waals surface area contributed by atoms with Crippen LogP contribution in [0.5, 0.6) is 0 Å². The Morgan fingerprint density at radius 2 is 1.17 bits per heavy atom. The first-order valence-electron chi connectivity index (χ1n) is 7.19. The molecule has 2 unspecified atom stereocenters. The molecule has 0 aromatic carbocycles. The van der Waals surface area contributed by atoms with Crippen molar-refractivity contribution in [2.75, 3.05) is 66.1 Å². The van der Waals surface area contributed by atoms with E-state index in [1.54, 1.807) is 0 Å². The number of aliphatic hydroxyl groups is 4. The Balaban J connectivity index is 0. The minimum Gasteiger partial charge on any atom is -0.394 e. The molecule has 11 nitrogen and oxygen atoms in total. The van der Waals surface area contributed by atoms with Crippen LogP contribution < -0.4 is 17.0 Å². The van der Waals surface area contributed by atoms with Crippen molar-refractivity contribution < 1.29 is 39.4 Å². The standard InChI is InChI=1S/C6H16N2O4.C6H15NO4/c7-8-6(10)5-12-4-3-11-2-1-9;7-6(9)5-11-4-3-10-2-1-8/h6,8-10H,1-5,7H2;6,8-9H,1-5,7H2. The first-order chi connectivity index (χ1) is 11.1. The minimum atomic E-state index is -0.923. The lowest BCUT2D eigenvalue weighted by Gasteiger charge is -2.09. The lowest BCUT2D eigenvalue weighted by atomic mass is 10.6. The Kier molecular flexibility index (Phi) is 23.3. The smallest absolute Gasteiger partial charge is 0.140 e. The molecular formula is C12H31N3O8. The van der Waals surface area contributed by atoms with E-state index in [0.717, 1.165) is 0 Å². The molecule has 11 heteroatoms. The van der Waals surface area contributed by atoms with Crippen LogP contribution in [0.2, 0.25) is 0 Å². The van der Waals surface area contributed by atoms with E-state index in [9.17, 15) is 0 Å². The number of ether oxygens (including phenoxy) is 4. The highest BCUT2D eigenvalue weighted by Gasteiger charge is 1.98. The fourth-order valence-electron chi connectivity index (χ4n) is 1.02. The topological polar surface area (TPSA) is 182 Å². The molecule has 2 atom stereocenters. The summed E-state index contributed by atoms with van der Waals surface area (Å²) in [5.74, 6) is 4.89. The van der Waals surface area contributed by atoms with E-state index in [-0.39, 0.29) is 26.4 Å². The van der Waals surface area contributed by atoms with Crippen molar-refractivity contribution in [2.24, 2.45) is 11.6 Å². The monoisotopic (exact) mass is 345 g/mol. The molecule has 9 N–H and O–H groups in total. The number of aliphatic hydroxyl groups excluding tert-OH is 4. The van der Waals surface area contributed by atoms with Crippen LogP contribution in [0.15, 0.2) is 0 Å². The van der Waals surface area contributed by atoms with Crippen LogP contribution in [-0.2, 0) is 18.9 Å². The molecule has 0 rings (SSSR count). The van der Waals surface area contributed by atoms with Gasteiger partial charge in [0.1, 0.15) is 12.5 Å². The van der Waals surface area contributed by atoms with Gasteiger partial charge in [-0.05, 0) is 0 Å². The Labute approximate surface area is 136 Å². The van der Waals surface area contributed by atoms with E-state index in [1.165, 1.54) is 0 Å². The maximum atomic E-state index is 8.82. The Bertz CT molecular complexity index is 215. The first kappa shape index (κ1) is 24.8. The summed E-state index contributed by atoms with van der Waals surface area (Å²) in [6.45, 7) is 2.45. The van der Waals surface area contributed by atoms with Gasteiger partial charge in [-0.3, -0.25) is 5.84 Å². The maximum Gasteiger partial charge on any atom is 0.140 e. The summed E-state index contributed by atoms with van der Waals surface area (Å²) < 4.78 is 19.6. The number of hydrogen-bond donors (Lipinski definition) is 7. The van der Waals surface area contributed by atoms with Crippen LogP contribution in [0.1, 0.15) is 0 Å². The second kappa shape index (κ2) is 21.6. The molecule has 0 saturated carbocycles. The summed E-state index contributed by atoms with van der Waals surface area (Å²) in [5, 5.41) is 33.9. The average molecular weight is 345 g/mol. The lowest BCUT2D eigenvalue weighted by Crippen LogP contribution is -2.38. The van der Waals surface area contributed by atoms with Crippen molar-refractivity contribution in [1.82, 2.24) is 5.43 Å². The predicted molar refractivity (Wildman–Crippen MR) is 81.0 cm³/mol. The summed E-state index contributed by atoms with van der Waals surface area (Å²) in [6.07, 6.45) is -1.77. The van der Waals surface area contributed by atoms with Crippen LogP contribution >= 0.6 is 0 Å². The SMILES string of the molecule is NC(O)COCCOCCO.NNC(O)COCCOCCO. The maximum absolute atomic E-state index is 8.82. The third-order valence-corrected chi connectivity index (χ3v) is 1.97. The zero-order chi connectivity index (χ0) is 17.8. The van der Waals surface area contributed by atoms with Crippen LogP contribution in [0, 0.1) is 0 Å². The van der Waals surface area contributed by atoms with Crippen molar-refractivity contribution in [3.63, 3.8) is 0 Å². The second-order valence-corrected chi connectivity index (χ2v) is 4.07. The fraction of sp³-hybridized carbons (Fsp3) is 1.00. The van der Waals surface area contributed by atoms with Crippen molar-refractivity contribution in [3.8, 4) is 0 Å². The van der Waals surface area contributed by atoms with Crippen molar-refractivity contribution in [2.45, 2.75) is 12.5 Å². The van der Waals surface area contributed by atoms with Crippen LogP contribution in [0.3, 0.4) is 0 Å². The molecule has 0 bridgehead atoms. The molecule has 0 saturated heterocycles. The molecular weight excluding hydrogens is 314 g/mol. The van der Waals surface area contributed by atoms with Gasteiger partial charge in [-0.25, -0.2) is 5.43 Å². The van der Waals surface area contributed by atoms with E-state index in [2.05, 4.69) is 5.43 Å². The second-order valence-electron chi connectivity index (χ2n) is 4.07. The summed E-state index contributed by atoms with van der Waals surface area (Å²) in [7, 11) is 0. The Hall–Kier alpha value is -0.440. The number of hydrogen-bond acceptors (Lipinski definition) is 11. The van der Waals surface area contributed by atoms with Gasteiger partial charge >= 0.3 is 0 Å². The highest BCUT2D eigenvalue weighted by Crippen LogP contribution is 1.81. The molecule has 0 amide bonds. The number of nitrogens with two attached hydrogens (primary N) is 2. The van der Waals surface area contributed by atoms with Gasteiger partial charge in [0.25, 0.3) is 0 Å². The Morgan fingerprint density at radius 1 is 0.739 bits per heavy atom. The van der Waals surface area contributed by atoms with Crippen molar-refractivity contribution >= 4 is 0 Å². The molecule has 142 valence electrons. The molecule has 0 fully saturated rings. The zero-order valence-corrected chi connectivity index (χ0v) is 13.3. The third kappa shape index (κ3) is 26.8. The molecule has 0 heterocycles. The van der Waals surface area contributed by atoms with E-state index < -0.39 is 12.5 Å². The van der Waals surface area contributed by atoms with Crippen molar-refractivity contribution in [3.05, 3.63) is 0 Å². The zero-order valence-electron chi connectivity index (χ0n) is 13.3. The van der Waals surface area contributed by atoms with Gasteiger partial charge in [-0.15, -0.1) is 0 Å². The summed E-state index contributed by atoms with van der Waals surface area (Å²) in [4.78, 5) is 0. The summed E-state index contributed by atoms with van der Waals surface area (Å²) >= 11 is 0. The molecule has 0 spiro atoms. The highest BCUT2D eigenvalue weighted by atomic mass is 16.5. The summed E-state index contributed by atoms with van der Waals surface area (Å²) in [6, 6.07) is 0. The quantitative estimate of drug-likeness (QED) is 0.0666. The van der Waals surface area contributed by atoms with Gasteiger partial charge in [0.05, 0.1) is 66.1 Å². The van der Waals surface area contributed by atoms with Gasteiger partial charge in [-0.2, -0.15) is 0 Å². The average Bonchev–Trinajstić information content (AvgIpc) is 2.54. The van der Waals surface area contributed by atoms with Gasteiger partial charge in [-0.1, -0.05) is 0 Å². The van der Waals surface area contributed by atoms with E-state index in [4.69, 9.17) is 50.9 Å². The van der Waals surface area contributed by atoms with Gasteiger partial charge in [0.15, 0.2) is 0 Å². The van der Waals surface area contributed by atoms with Gasteiger partial charge in [0, 0.05) is 0 Å². The number of rotatable bonds is 15. The van der Waals surface area contributed by atoms with E-state index >= 15 is 0 Å². The van der Waals surface area contributed by atoms with Crippen molar-refractivity contribution in [1.29, 1.82) is 0 Å². The van der Waals surface area contributed by atoms with Crippen LogP contribution in [-0.4, -0.2) is 99.0 Å². The number of hydrazine groups is 1. The number of nitrogens with one attached hydrogen (secondary N) is 1. The molecule has 0 radical (unpaired) electrons. The molecule has 23 heavy (non-hydrogen) atoms. The predicted octanol–water partition coefficient (Wildman–Crippen LogP) is -3.92. The summed E-state index contributed by atoms with van der Waals surface area (Å²) in [5.41, 5.74) is 7.10. The van der Waals surface area contributed by atoms with Gasteiger partial charge in [0.2, 0.25) is 0 Å². The molecule has 0 aromatic rings. The van der Waals surface area contributed by atoms with Gasteiger partial charge < -0.3 is 45.1 Å². The van der Waals surface area contributed by atoms with E-state index in [0.29, 0.717) is 39.6 Å². The fourth-order valence-corrected chi connectivity index (χ4v) is 1.02. The first-order valence-corrected chi connectivity index (χ1v) is 7.19. The lowest BCUT2D eigenvalue weighted by molar-refractivity contribution is -0.0118. The molecule has 0 aliphatic heterocycles. The normalized spacial score (nSPS) is 13.3. The van der Waals surface area contributed by atoms with Crippen LogP contribution in [0.25, 0.3) is 0 Å². The minimum absolute atomic E-state index is 0.00693. The Morgan fingerprint density at radius 3 is 1.57 bits per heavy atom. The molecule has 0 aliphatic carbocycles. The molecule has 0 aromatic heterocycles. The van der Waals surface area contributed by atoms with Crippen LogP contribution in [0.4, 0.5) is 0 Å².